The van der Waals surface area contributed by atoms with E-state index in [1.807, 2.05) is 26.0 Å². The van der Waals surface area contributed by atoms with Crippen molar-refractivity contribution in [1.82, 2.24) is 25.4 Å². The van der Waals surface area contributed by atoms with Crippen LogP contribution in [-0.4, -0.2) is 25.4 Å². The molecule has 0 saturated heterocycles. The van der Waals surface area contributed by atoms with Crippen LogP contribution in [-0.2, 0) is 6.54 Å². The lowest BCUT2D eigenvalue weighted by atomic mass is 10.2. The van der Waals surface area contributed by atoms with Gasteiger partial charge in [0, 0.05) is 12.1 Å². The van der Waals surface area contributed by atoms with Crippen molar-refractivity contribution in [3.63, 3.8) is 0 Å². The van der Waals surface area contributed by atoms with E-state index in [2.05, 4.69) is 26.0 Å². The fraction of sp³-hybridized carbons (Fsp3) is 0.231. The van der Waals surface area contributed by atoms with E-state index < -0.39 is 0 Å². The first kappa shape index (κ1) is 13.6. The molecule has 0 amide bonds. The second-order valence-electron chi connectivity index (χ2n) is 4.57. The van der Waals surface area contributed by atoms with Crippen molar-refractivity contribution in [2.24, 2.45) is 0 Å². The Kier molecular flexibility index (Phi) is 3.57. The van der Waals surface area contributed by atoms with E-state index in [0.29, 0.717) is 11.6 Å². The highest BCUT2D eigenvalue weighted by Gasteiger charge is 2.10. The molecule has 1 aromatic carbocycles. The van der Waals surface area contributed by atoms with Gasteiger partial charge in [-0.2, -0.15) is 0 Å². The highest BCUT2D eigenvalue weighted by Crippen LogP contribution is 2.25. The highest BCUT2D eigenvalue weighted by atomic mass is 35.5. The summed E-state index contributed by atoms with van der Waals surface area (Å²) in [6.07, 6.45) is 1.53. The summed E-state index contributed by atoms with van der Waals surface area (Å²) in [7, 11) is 0. The Hall–Kier alpha value is -2.41. The monoisotopic (exact) mass is 304 g/mol. The molecule has 0 aliphatic rings. The molecule has 1 N–H and O–H groups in total. The fourth-order valence-corrected chi connectivity index (χ4v) is 2.19. The van der Waals surface area contributed by atoms with E-state index >= 15 is 0 Å². The minimum Gasteiger partial charge on any atom is -0.379 e. The Bertz CT molecular complexity index is 733. The van der Waals surface area contributed by atoms with Crippen molar-refractivity contribution in [3.8, 4) is 5.69 Å². The Labute approximate surface area is 125 Å². The molecule has 0 bridgehead atoms. The maximum Gasteiger partial charge on any atom is 0.143 e. The van der Waals surface area contributed by atoms with Gasteiger partial charge in [0.25, 0.3) is 0 Å². The lowest BCUT2D eigenvalue weighted by Crippen LogP contribution is -2.03. The van der Waals surface area contributed by atoms with Crippen LogP contribution in [0.3, 0.4) is 0 Å². The van der Waals surface area contributed by atoms with Crippen LogP contribution in [0.5, 0.6) is 0 Å². The maximum absolute atomic E-state index is 6.21. The minimum absolute atomic E-state index is 0.583. The van der Waals surface area contributed by atoms with Crippen molar-refractivity contribution in [2.45, 2.75) is 20.4 Å². The summed E-state index contributed by atoms with van der Waals surface area (Å²) in [5.74, 6) is 0.799. The van der Waals surface area contributed by atoms with Crippen LogP contribution in [0.2, 0.25) is 5.02 Å². The molecule has 0 fully saturated rings. The van der Waals surface area contributed by atoms with E-state index in [4.69, 9.17) is 16.1 Å². The van der Waals surface area contributed by atoms with Crippen LogP contribution in [0.25, 0.3) is 5.69 Å². The minimum atomic E-state index is 0.583. The predicted molar refractivity (Wildman–Crippen MR) is 77.5 cm³/mol. The van der Waals surface area contributed by atoms with Crippen LogP contribution >= 0.6 is 11.6 Å². The van der Waals surface area contributed by atoms with Crippen LogP contribution < -0.4 is 5.32 Å². The first-order valence-electron chi connectivity index (χ1n) is 6.33. The van der Waals surface area contributed by atoms with Gasteiger partial charge in [0.2, 0.25) is 0 Å². The highest BCUT2D eigenvalue weighted by molar-refractivity contribution is 6.33. The quantitative estimate of drug-likeness (QED) is 0.797. The van der Waals surface area contributed by atoms with Crippen molar-refractivity contribution >= 4 is 17.3 Å². The van der Waals surface area contributed by atoms with Crippen LogP contribution in [0, 0.1) is 13.8 Å². The van der Waals surface area contributed by atoms with Gasteiger partial charge in [0.1, 0.15) is 12.1 Å². The second-order valence-corrected chi connectivity index (χ2v) is 4.98. The zero-order valence-electron chi connectivity index (χ0n) is 11.5. The molecule has 21 heavy (non-hydrogen) atoms. The maximum atomic E-state index is 6.21. The largest absolute Gasteiger partial charge is 0.379 e. The Morgan fingerprint density at radius 1 is 1.33 bits per heavy atom. The molecule has 0 aliphatic heterocycles. The van der Waals surface area contributed by atoms with Gasteiger partial charge < -0.3 is 9.84 Å². The van der Waals surface area contributed by atoms with Crippen molar-refractivity contribution in [2.75, 3.05) is 5.32 Å². The summed E-state index contributed by atoms with van der Waals surface area (Å²) in [4.78, 5) is 0. The van der Waals surface area contributed by atoms with Gasteiger partial charge in [-0.3, -0.25) is 0 Å². The molecule has 0 unspecified atom stereocenters. The van der Waals surface area contributed by atoms with Gasteiger partial charge in [-0.05, 0) is 42.5 Å². The molecule has 0 saturated carbocycles. The zero-order chi connectivity index (χ0) is 14.8. The molecule has 8 heteroatoms. The number of halogens is 1. The summed E-state index contributed by atoms with van der Waals surface area (Å²) < 4.78 is 6.71. The summed E-state index contributed by atoms with van der Waals surface area (Å²) >= 11 is 6.21. The SMILES string of the molecule is Cc1noc(C)c1CNc1cc(-n2cnnn2)ccc1Cl. The number of aryl methyl sites for hydroxylation is 2. The van der Waals surface area contributed by atoms with Gasteiger partial charge in [0.05, 0.1) is 22.1 Å². The molecule has 0 radical (unpaired) electrons. The normalized spacial score (nSPS) is 10.8. The fourth-order valence-electron chi connectivity index (χ4n) is 2.01. The topological polar surface area (TPSA) is 81.7 Å². The third kappa shape index (κ3) is 2.73. The van der Waals surface area contributed by atoms with Gasteiger partial charge in [-0.25, -0.2) is 4.68 Å². The number of hydrogen-bond acceptors (Lipinski definition) is 6. The van der Waals surface area contributed by atoms with Crippen LogP contribution in [0.15, 0.2) is 29.0 Å². The second kappa shape index (κ2) is 5.53. The van der Waals surface area contributed by atoms with E-state index in [1.54, 1.807) is 10.7 Å². The number of nitrogens with one attached hydrogen (secondary N) is 1. The van der Waals surface area contributed by atoms with Gasteiger partial charge in [0.15, 0.2) is 0 Å². The lowest BCUT2D eigenvalue weighted by Gasteiger charge is -2.10. The molecule has 7 nitrogen and oxygen atoms in total. The first-order valence-corrected chi connectivity index (χ1v) is 6.71. The molecule has 3 rings (SSSR count). The van der Waals surface area contributed by atoms with Crippen LogP contribution in [0.4, 0.5) is 5.69 Å². The number of aromatic nitrogens is 5. The van der Waals surface area contributed by atoms with Crippen molar-refractivity contribution < 1.29 is 4.52 Å². The number of anilines is 1. The summed E-state index contributed by atoms with van der Waals surface area (Å²) in [5, 5.41) is 18.9. The number of tetrazole rings is 1. The Morgan fingerprint density at radius 2 is 2.19 bits per heavy atom. The van der Waals surface area contributed by atoms with Crippen molar-refractivity contribution in [1.29, 1.82) is 0 Å². The zero-order valence-corrected chi connectivity index (χ0v) is 12.3. The van der Waals surface area contributed by atoms with E-state index in [9.17, 15) is 0 Å². The molecule has 0 spiro atoms. The number of benzene rings is 1. The number of rotatable bonds is 4. The molecular weight excluding hydrogens is 292 g/mol. The predicted octanol–water partition coefficient (Wildman–Crippen LogP) is 2.53. The number of hydrogen-bond donors (Lipinski definition) is 1. The average molecular weight is 305 g/mol. The van der Waals surface area contributed by atoms with Crippen molar-refractivity contribution in [3.05, 3.63) is 46.6 Å². The van der Waals surface area contributed by atoms with Crippen LogP contribution in [0.1, 0.15) is 17.0 Å². The van der Waals surface area contributed by atoms with Gasteiger partial charge in [-0.15, -0.1) is 5.10 Å². The molecule has 108 valence electrons. The number of nitrogens with zero attached hydrogens (tertiary/aromatic N) is 5. The first-order chi connectivity index (χ1) is 10.1. The third-order valence-corrected chi connectivity index (χ3v) is 3.53. The Morgan fingerprint density at radius 3 is 2.86 bits per heavy atom. The molecular formula is C13H13ClN6O. The lowest BCUT2D eigenvalue weighted by molar-refractivity contribution is 0.392. The summed E-state index contributed by atoms with van der Waals surface area (Å²) in [6.45, 7) is 4.38. The van der Waals surface area contributed by atoms with E-state index in [0.717, 1.165) is 28.4 Å². The molecule has 2 heterocycles. The van der Waals surface area contributed by atoms with E-state index in [1.165, 1.54) is 6.33 Å². The average Bonchev–Trinajstić information content (AvgIpc) is 3.10. The third-order valence-electron chi connectivity index (χ3n) is 3.20. The smallest absolute Gasteiger partial charge is 0.143 e. The molecule has 0 aliphatic carbocycles. The molecule has 0 atom stereocenters. The summed E-state index contributed by atoms with van der Waals surface area (Å²) in [5.41, 5.74) is 3.52. The van der Waals surface area contributed by atoms with E-state index in [-0.39, 0.29) is 0 Å². The van der Waals surface area contributed by atoms with Gasteiger partial charge in [-0.1, -0.05) is 16.8 Å². The Balaban J connectivity index is 1.84. The van der Waals surface area contributed by atoms with Gasteiger partial charge >= 0.3 is 0 Å². The molecule has 2 aromatic heterocycles. The molecule has 3 aromatic rings. The summed E-state index contributed by atoms with van der Waals surface area (Å²) in [6, 6.07) is 5.53. The standard InChI is InChI=1S/C13H13ClN6O/c1-8-11(9(2)21-17-8)6-15-13-5-10(3-4-12(13)14)20-7-16-18-19-20/h3-5,7,15H,6H2,1-2H3.